The SMILES string of the molecule is COc1ncccc1C(=O)c1ccc(OC(C)C)cc1. The van der Waals surface area contributed by atoms with Gasteiger partial charge in [0.1, 0.15) is 5.75 Å². The third-order valence-electron chi connectivity index (χ3n) is 2.70. The summed E-state index contributed by atoms with van der Waals surface area (Å²) in [6.07, 6.45) is 1.70. The number of hydrogen-bond acceptors (Lipinski definition) is 4. The highest BCUT2D eigenvalue weighted by Gasteiger charge is 2.15. The normalized spacial score (nSPS) is 10.4. The van der Waals surface area contributed by atoms with Crippen LogP contribution in [0.4, 0.5) is 0 Å². The monoisotopic (exact) mass is 271 g/mol. The molecule has 1 aromatic carbocycles. The Morgan fingerprint density at radius 3 is 2.45 bits per heavy atom. The number of hydrogen-bond donors (Lipinski definition) is 0. The predicted molar refractivity (Wildman–Crippen MR) is 76.4 cm³/mol. The highest BCUT2D eigenvalue weighted by molar-refractivity contribution is 6.10. The van der Waals surface area contributed by atoms with E-state index in [0.717, 1.165) is 5.75 Å². The van der Waals surface area contributed by atoms with Gasteiger partial charge >= 0.3 is 0 Å². The molecule has 104 valence electrons. The van der Waals surface area contributed by atoms with Crippen LogP contribution < -0.4 is 9.47 Å². The number of aromatic nitrogens is 1. The second-order valence-corrected chi connectivity index (χ2v) is 4.58. The molecule has 4 nitrogen and oxygen atoms in total. The van der Waals surface area contributed by atoms with Crippen molar-refractivity contribution in [1.82, 2.24) is 4.98 Å². The minimum atomic E-state index is -0.119. The topological polar surface area (TPSA) is 48.4 Å². The van der Waals surface area contributed by atoms with E-state index < -0.39 is 0 Å². The molecule has 0 aliphatic carbocycles. The second-order valence-electron chi connectivity index (χ2n) is 4.58. The molecule has 0 N–H and O–H groups in total. The molecule has 0 saturated carbocycles. The van der Waals surface area contributed by atoms with E-state index in [-0.39, 0.29) is 11.9 Å². The Morgan fingerprint density at radius 2 is 1.85 bits per heavy atom. The summed E-state index contributed by atoms with van der Waals surface area (Å²) in [7, 11) is 1.50. The van der Waals surface area contributed by atoms with Crippen molar-refractivity contribution in [1.29, 1.82) is 0 Å². The minimum Gasteiger partial charge on any atom is -0.491 e. The van der Waals surface area contributed by atoms with E-state index >= 15 is 0 Å². The van der Waals surface area contributed by atoms with Crippen molar-refractivity contribution in [3.05, 3.63) is 53.7 Å². The lowest BCUT2D eigenvalue weighted by atomic mass is 10.0. The van der Waals surface area contributed by atoms with E-state index in [0.29, 0.717) is 17.0 Å². The van der Waals surface area contributed by atoms with Crippen molar-refractivity contribution >= 4 is 5.78 Å². The van der Waals surface area contributed by atoms with Crippen LogP contribution in [0.1, 0.15) is 29.8 Å². The van der Waals surface area contributed by atoms with Gasteiger partial charge in [0.05, 0.1) is 18.8 Å². The molecule has 2 rings (SSSR count). The molecule has 0 radical (unpaired) electrons. The molecule has 0 atom stereocenters. The van der Waals surface area contributed by atoms with Crippen LogP contribution in [0.25, 0.3) is 0 Å². The molecule has 0 amide bonds. The lowest BCUT2D eigenvalue weighted by molar-refractivity contribution is 0.103. The Bertz CT molecular complexity index is 591. The van der Waals surface area contributed by atoms with Crippen LogP contribution in [-0.4, -0.2) is 24.0 Å². The summed E-state index contributed by atoms with van der Waals surface area (Å²) in [4.78, 5) is 16.4. The van der Waals surface area contributed by atoms with Crippen LogP contribution in [0.3, 0.4) is 0 Å². The fourth-order valence-corrected chi connectivity index (χ4v) is 1.84. The molecule has 20 heavy (non-hydrogen) atoms. The van der Waals surface area contributed by atoms with Gasteiger partial charge in [-0.2, -0.15) is 0 Å². The maximum atomic E-state index is 12.4. The van der Waals surface area contributed by atoms with E-state index in [1.165, 1.54) is 7.11 Å². The summed E-state index contributed by atoms with van der Waals surface area (Å²) in [5, 5.41) is 0. The molecule has 0 spiro atoms. The fraction of sp³-hybridized carbons (Fsp3) is 0.250. The van der Waals surface area contributed by atoms with Gasteiger partial charge in [0, 0.05) is 11.8 Å². The van der Waals surface area contributed by atoms with Gasteiger partial charge in [0.25, 0.3) is 0 Å². The van der Waals surface area contributed by atoms with Gasteiger partial charge in [0.15, 0.2) is 5.78 Å². The molecule has 2 aromatic rings. The molecule has 0 aliphatic rings. The smallest absolute Gasteiger partial charge is 0.224 e. The number of nitrogens with zero attached hydrogens (tertiary/aromatic N) is 1. The zero-order chi connectivity index (χ0) is 14.5. The van der Waals surface area contributed by atoms with Gasteiger partial charge in [-0.3, -0.25) is 4.79 Å². The van der Waals surface area contributed by atoms with Crippen molar-refractivity contribution in [2.45, 2.75) is 20.0 Å². The van der Waals surface area contributed by atoms with E-state index in [4.69, 9.17) is 9.47 Å². The number of carbonyl (C=O) groups excluding carboxylic acids is 1. The lowest BCUT2D eigenvalue weighted by Gasteiger charge is -2.10. The molecule has 4 heteroatoms. The van der Waals surface area contributed by atoms with Crippen molar-refractivity contribution in [2.75, 3.05) is 7.11 Å². The first-order chi connectivity index (χ1) is 9.61. The van der Waals surface area contributed by atoms with Crippen molar-refractivity contribution < 1.29 is 14.3 Å². The summed E-state index contributed by atoms with van der Waals surface area (Å²) in [6, 6.07) is 10.5. The summed E-state index contributed by atoms with van der Waals surface area (Å²) in [5.74, 6) is 0.959. The number of ketones is 1. The molecular weight excluding hydrogens is 254 g/mol. The van der Waals surface area contributed by atoms with Crippen LogP contribution in [0.15, 0.2) is 42.6 Å². The third-order valence-corrected chi connectivity index (χ3v) is 2.70. The average Bonchev–Trinajstić information content (AvgIpc) is 2.46. The quantitative estimate of drug-likeness (QED) is 0.784. The minimum absolute atomic E-state index is 0.106. The van der Waals surface area contributed by atoms with Crippen LogP contribution >= 0.6 is 0 Å². The second kappa shape index (κ2) is 6.19. The average molecular weight is 271 g/mol. The highest BCUT2D eigenvalue weighted by Crippen LogP contribution is 2.20. The van der Waals surface area contributed by atoms with Gasteiger partial charge in [-0.05, 0) is 50.2 Å². The van der Waals surface area contributed by atoms with Crippen LogP contribution in [0.5, 0.6) is 11.6 Å². The van der Waals surface area contributed by atoms with Crippen LogP contribution in [0, 0.1) is 0 Å². The van der Waals surface area contributed by atoms with Crippen LogP contribution in [0.2, 0.25) is 0 Å². The summed E-state index contributed by atoms with van der Waals surface area (Å²) in [5.41, 5.74) is 1.03. The maximum Gasteiger partial charge on any atom is 0.224 e. The number of pyridine rings is 1. The first-order valence-electron chi connectivity index (χ1n) is 6.42. The van der Waals surface area contributed by atoms with Gasteiger partial charge < -0.3 is 9.47 Å². The largest absolute Gasteiger partial charge is 0.491 e. The van der Waals surface area contributed by atoms with Crippen molar-refractivity contribution in [2.24, 2.45) is 0 Å². The van der Waals surface area contributed by atoms with E-state index in [9.17, 15) is 4.79 Å². The molecule has 0 unspecified atom stereocenters. The predicted octanol–water partition coefficient (Wildman–Crippen LogP) is 3.11. The Morgan fingerprint density at radius 1 is 1.15 bits per heavy atom. The van der Waals surface area contributed by atoms with Crippen molar-refractivity contribution in [3.63, 3.8) is 0 Å². The first-order valence-corrected chi connectivity index (χ1v) is 6.42. The van der Waals surface area contributed by atoms with E-state index in [1.54, 1.807) is 42.6 Å². The van der Waals surface area contributed by atoms with Crippen LogP contribution in [-0.2, 0) is 0 Å². The Kier molecular flexibility index (Phi) is 4.35. The van der Waals surface area contributed by atoms with Gasteiger partial charge in [-0.25, -0.2) is 4.98 Å². The number of benzene rings is 1. The number of methoxy groups -OCH3 is 1. The Labute approximate surface area is 118 Å². The summed E-state index contributed by atoms with van der Waals surface area (Å²) in [6.45, 7) is 3.92. The molecule has 0 fully saturated rings. The van der Waals surface area contributed by atoms with Crippen molar-refractivity contribution in [3.8, 4) is 11.6 Å². The molecular formula is C16H17NO3. The maximum absolute atomic E-state index is 12.4. The number of carbonyl (C=O) groups is 1. The molecule has 0 bridgehead atoms. The Balaban J connectivity index is 2.25. The third kappa shape index (κ3) is 3.15. The van der Waals surface area contributed by atoms with Gasteiger partial charge in [0.2, 0.25) is 5.88 Å². The zero-order valence-electron chi connectivity index (χ0n) is 11.8. The zero-order valence-corrected chi connectivity index (χ0v) is 11.8. The number of rotatable bonds is 5. The first kappa shape index (κ1) is 14.1. The summed E-state index contributed by atoms with van der Waals surface area (Å²) >= 11 is 0. The van der Waals surface area contributed by atoms with Gasteiger partial charge in [-0.1, -0.05) is 0 Å². The summed E-state index contributed by atoms with van der Waals surface area (Å²) < 4.78 is 10.7. The standard InChI is InChI=1S/C16H17NO3/c1-11(2)20-13-8-6-12(7-9-13)15(18)14-5-4-10-17-16(14)19-3/h4-11H,1-3H3. The molecule has 0 saturated heterocycles. The molecule has 0 aliphatic heterocycles. The Hall–Kier alpha value is -2.36. The van der Waals surface area contributed by atoms with E-state index in [2.05, 4.69) is 4.98 Å². The highest BCUT2D eigenvalue weighted by atomic mass is 16.5. The lowest BCUT2D eigenvalue weighted by Crippen LogP contribution is -2.07. The van der Waals surface area contributed by atoms with Gasteiger partial charge in [-0.15, -0.1) is 0 Å². The fourth-order valence-electron chi connectivity index (χ4n) is 1.84. The molecule has 1 heterocycles. The van der Waals surface area contributed by atoms with E-state index in [1.807, 2.05) is 13.8 Å². The molecule has 1 aromatic heterocycles. The number of ether oxygens (including phenoxy) is 2.